The quantitative estimate of drug-likeness (QED) is 0.782. The lowest BCUT2D eigenvalue weighted by molar-refractivity contribution is 0.0570. The standard InChI is InChI=1S/C17H25N3O5S/c1-5-25-17(22)20-11-9-19(10-12-20)16(21)14-7-6-8-15(13(14)2)18(3)26(4,23)24/h6-8H,5,9-12H2,1-4H3. The molecule has 26 heavy (non-hydrogen) atoms. The largest absolute Gasteiger partial charge is 0.450 e. The van der Waals surface area contributed by atoms with Gasteiger partial charge in [0.15, 0.2) is 0 Å². The Morgan fingerprint density at radius 1 is 1.15 bits per heavy atom. The van der Waals surface area contributed by atoms with Gasteiger partial charge in [0.25, 0.3) is 5.91 Å². The van der Waals surface area contributed by atoms with Crippen LogP contribution in [-0.4, -0.2) is 76.3 Å². The number of hydrogen-bond donors (Lipinski definition) is 0. The molecule has 8 nitrogen and oxygen atoms in total. The van der Waals surface area contributed by atoms with Crippen molar-refractivity contribution >= 4 is 27.7 Å². The molecule has 144 valence electrons. The fraction of sp³-hybridized carbons (Fsp3) is 0.529. The summed E-state index contributed by atoms with van der Waals surface area (Å²) in [6.45, 7) is 5.43. The van der Waals surface area contributed by atoms with Crippen molar-refractivity contribution in [1.82, 2.24) is 9.80 Å². The third-order valence-electron chi connectivity index (χ3n) is 4.47. The SMILES string of the molecule is CCOC(=O)N1CCN(C(=O)c2cccc(N(C)S(C)(=O)=O)c2C)CC1. The molecule has 0 radical (unpaired) electrons. The number of amides is 2. The maximum Gasteiger partial charge on any atom is 0.409 e. The van der Waals surface area contributed by atoms with Crippen LogP contribution < -0.4 is 4.31 Å². The Labute approximate surface area is 154 Å². The number of anilines is 1. The van der Waals surface area contributed by atoms with E-state index in [4.69, 9.17) is 4.74 Å². The molecule has 0 unspecified atom stereocenters. The Kier molecular flexibility index (Phi) is 6.12. The van der Waals surface area contributed by atoms with E-state index >= 15 is 0 Å². The molecule has 0 spiro atoms. The van der Waals surface area contributed by atoms with Gasteiger partial charge in [-0.3, -0.25) is 9.10 Å². The fourth-order valence-electron chi connectivity index (χ4n) is 2.85. The highest BCUT2D eigenvalue weighted by atomic mass is 32.2. The van der Waals surface area contributed by atoms with Crippen molar-refractivity contribution in [3.05, 3.63) is 29.3 Å². The highest BCUT2D eigenvalue weighted by Gasteiger charge is 2.27. The van der Waals surface area contributed by atoms with Crippen LogP contribution in [0.2, 0.25) is 0 Å². The summed E-state index contributed by atoms with van der Waals surface area (Å²) in [5.41, 5.74) is 1.55. The Balaban J connectivity index is 2.15. The number of piperazine rings is 1. The topological polar surface area (TPSA) is 87.2 Å². The third kappa shape index (κ3) is 4.27. The predicted molar refractivity (Wildman–Crippen MR) is 98.9 cm³/mol. The molecule has 0 saturated carbocycles. The highest BCUT2D eigenvalue weighted by molar-refractivity contribution is 7.92. The number of carbonyl (C=O) groups is 2. The summed E-state index contributed by atoms with van der Waals surface area (Å²) >= 11 is 0. The molecule has 1 heterocycles. The van der Waals surface area contributed by atoms with Crippen molar-refractivity contribution < 1.29 is 22.7 Å². The fourth-order valence-corrected chi connectivity index (χ4v) is 3.41. The van der Waals surface area contributed by atoms with E-state index in [1.807, 2.05) is 0 Å². The van der Waals surface area contributed by atoms with E-state index in [0.717, 1.165) is 10.6 Å². The molecule has 0 aromatic heterocycles. The van der Waals surface area contributed by atoms with Crippen molar-refractivity contribution in [2.75, 3.05) is 50.4 Å². The molecule has 1 aliphatic rings. The van der Waals surface area contributed by atoms with Crippen LogP contribution in [0.3, 0.4) is 0 Å². The van der Waals surface area contributed by atoms with Crippen LogP contribution in [0.25, 0.3) is 0 Å². The number of benzene rings is 1. The third-order valence-corrected chi connectivity index (χ3v) is 5.66. The van der Waals surface area contributed by atoms with Gasteiger partial charge in [0.05, 0.1) is 18.6 Å². The van der Waals surface area contributed by atoms with Gasteiger partial charge >= 0.3 is 6.09 Å². The summed E-state index contributed by atoms with van der Waals surface area (Å²) in [6, 6.07) is 5.03. The predicted octanol–water partition coefficient (Wildman–Crippen LogP) is 1.31. The minimum Gasteiger partial charge on any atom is -0.450 e. The second-order valence-electron chi connectivity index (χ2n) is 6.16. The minimum absolute atomic E-state index is 0.172. The first-order valence-electron chi connectivity index (χ1n) is 8.41. The molecule has 0 N–H and O–H groups in total. The van der Waals surface area contributed by atoms with Crippen LogP contribution in [0.5, 0.6) is 0 Å². The zero-order valence-electron chi connectivity index (χ0n) is 15.6. The number of ether oxygens (including phenoxy) is 1. The Bertz CT molecular complexity index is 786. The Morgan fingerprint density at radius 2 is 1.73 bits per heavy atom. The van der Waals surface area contributed by atoms with Crippen LogP contribution in [0, 0.1) is 6.92 Å². The van der Waals surface area contributed by atoms with E-state index in [1.54, 1.807) is 41.8 Å². The smallest absolute Gasteiger partial charge is 0.409 e. The molecule has 0 bridgehead atoms. The zero-order valence-corrected chi connectivity index (χ0v) is 16.4. The summed E-state index contributed by atoms with van der Waals surface area (Å²) in [5.74, 6) is -0.172. The molecular formula is C17H25N3O5S. The summed E-state index contributed by atoms with van der Waals surface area (Å²) in [5, 5.41) is 0. The molecule has 2 amide bonds. The Morgan fingerprint density at radius 3 is 2.27 bits per heavy atom. The van der Waals surface area contributed by atoms with Crippen molar-refractivity contribution in [2.45, 2.75) is 13.8 Å². The average molecular weight is 383 g/mol. The number of sulfonamides is 1. The van der Waals surface area contributed by atoms with Gasteiger partial charge in [-0.05, 0) is 31.5 Å². The van der Waals surface area contributed by atoms with Gasteiger partial charge < -0.3 is 14.5 Å². The minimum atomic E-state index is -3.42. The van der Waals surface area contributed by atoms with Crippen molar-refractivity contribution in [2.24, 2.45) is 0 Å². The summed E-state index contributed by atoms with van der Waals surface area (Å²) in [4.78, 5) is 27.9. The van der Waals surface area contributed by atoms with E-state index in [9.17, 15) is 18.0 Å². The summed E-state index contributed by atoms with van der Waals surface area (Å²) < 4.78 is 29.7. The van der Waals surface area contributed by atoms with Gasteiger partial charge in [-0.1, -0.05) is 6.07 Å². The monoisotopic (exact) mass is 383 g/mol. The first-order valence-corrected chi connectivity index (χ1v) is 10.3. The lowest BCUT2D eigenvalue weighted by Crippen LogP contribution is -2.50. The number of carbonyl (C=O) groups excluding carboxylic acids is 2. The van der Waals surface area contributed by atoms with E-state index in [2.05, 4.69) is 0 Å². The van der Waals surface area contributed by atoms with Crippen LogP contribution in [0.4, 0.5) is 10.5 Å². The molecule has 0 atom stereocenters. The van der Waals surface area contributed by atoms with Gasteiger partial charge in [-0.15, -0.1) is 0 Å². The van der Waals surface area contributed by atoms with E-state index in [-0.39, 0.29) is 12.0 Å². The molecule has 1 saturated heterocycles. The lowest BCUT2D eigenvalue weighted by Gasteiger charge is -2.34. The number of nitrogens with zero attached hydrogens (tertiary/aromatic N) is 3. The summed E-state index contributed by atoms with van der Waals surface area (Å²) in [7, 11) is -1.96. The molecular weight excluding hydrogens is 358 g/mol. The number of hydrogen-bond acceptors (Lipinski definition) is 5. The van der Waals surface area contributed by atoms with Crippen molar-refractivity contribution in [3.8, 4) is 0 Å². The zero-order chi connectivity index (χ0) is 19.5. The highest BCUT2D eigenvalue weighted by Crippen LogP contribution is 2.25. The van der Waals surface area contributed by atoms with E-state index in [1.165, 1.54) is 7.05 Å². The number of rotatable bonds is 4. The first kappa shape index (κ1) is 20.0. The van der Waals surface area contributed by atoms with Crippen molar-refractivity contribution in [3.63, 3.8) is 0 Å². The molecule has 0 aliphatic carbocycles. The van der Waals surface area contributed by atoms with Gasteiger partial charge in [-0.25, -0.2) is 13.2 Å². The van der Waals surface area contributed by atoms with Gasteiger partial charge in [0.1, 0.15) is 0 Å². The van der Waals surface area contributed by atoms with E-state index < -0.39 is 10.0 Å². The maximum atomic E-state index is 12.9. The second-order valence-corrected chi connectivity index (χ2v) is 8.17. The van der Waals surface area contributed by atoms with Crippen LogP contribution in [0.1, 0.15) is 22.8 Å². The molecule has 1 aromatic carbocycles. The van der Waals surface area contributed by atoms with Crippen LogP contribution in [-0.2, 0) is 14.8 Å². The van der Waals surface area contributed by atoms with Gasteiger partial charge in [0, 0.05) is 38.8 Å². The first-order chi connectivity index (χ1) is 12.2. The molecule has 1 fully saturated rings. The van der Waals surface area contributed by atoms with Gasteiger partial charge in [-0.2, -0.15) is 0 Å². The Hall–Kier alpha value is -2.29. The normalized spacial score (nSPS) is 14.9. The van der Waals surface area contributed by atoms with Crippen LogP contribution >= 0.6 is 0 Å². The molecule has 1 aliphatic heterocycles. The lowest BCUT2D eigenvalue weighted by atomic mass is 10.0. The van der Waals surface area contributed by atoms with Crippen molar-refractivity contribution in [1.29, 1.82) is 0 Å². The second kappa shape index (κ2) is 7.94. The van der Waals surface area contributed by atoms with E-state index in [0.29, 0.717) is 49.6 Å². The summed E-state index contributed by atoms with van der Waals surface area (Å²) in [6.07, 6.45) is 0.753. The average Bonchev–Trinajstić information content (AvgIpc) is 2.60. The molecule has 1 aromatic rings. The maximum absolute atomic E-state index is 12.9. The van der Waals surface area contributed by atoms with Gasteiger partial charge in [0.2, 0.25) is 10.0 Å². The molecule has 9 heteroatoms. The van der Waals surface area contributed by atoms with Crippen LogP contribution in [0.15, 0.2) is 18.2 Å². The molecule has 2 rings (SSSR count).